The Hall–Kier alpha value is -9.32. The van der Waals surface area contributed by atoms with Gasteiger partial charge in [-0.15, -0.1) is 0 Å². The highest BCUT2D eigenvalue weighted by atomic mass is 16.5. The number of rotatable bonds is 6. The first-order valence-corrected chi connectivity index (χ1v) is 31.3. The van der Waals surface area contributed by atoms with Crippen molar-refractivity contribution in [1.82, 2.24) is 45.5 Å². The summed E-state index contributed by atoms with van der Waals surface area (Å²) in [5.74, 6) is 3.51. The Balaban J connectivity index is 0.000000173. The van der Waals surface area contributed by atoms with E-state index in [0.29, 0.717) is 40.5 Å². The number of hydrogen-bond acceptors (Lipinski definition) is 14. The Bertz CT molecular complexity index is 4130. The summed E-state index contributed by atoms with van der Waals surface area (Å²) in [6.45, 7) is 33.9. The minimum atomic E-state index is -0.633. The molecule has 13 rings (SSSR count). The zero-order valence-corrected chi connectivity index (χ0v) is 56.6. The molecule has 7 aromatic rings. The van der Waals surface area contributed by atoms with Gasteiger partial charge in [0.1, 0.15) is 29.0 Å². The predicted octanol–water partition coefficient (Wildman–Crippen LogP) is 12.4. The molecule has 0 saturated carbocycles. The standard InChI is InChI=1S/2C23H26N4O2.C23H24N4O2.2CH5NO.CH4/c1-22(2)17-11-10-16-18(23(17,3)12-15-13-24-29-19(15)22)26-27(4)20(16)25-21(28)14-8-6-5-7-9-14;2*1-22(2)17-12-11-15-18(23(17,3)13-16(24-4)19(22)28)26-27(5)20(15)25-21(29)14-9-7-6-8-10-14;2*1-2-3;/h5-9,13,17H,10-12H2,1-4H3,(H,25,28);6-10,17,28H,11-13H2,1-3,5H3,(H,25,29);6-10,13,17H,11-12H2,1-3,5H3,(H,25,29);2*2-3H,1H3;1H4/t3*17-,23-;;;/m000.../s1/i;;;;;1T. The van der Waals surface area contributed by atoms with Gasteiger partial charge in [-0.25, -0.2) is 20.7 Å². The smallest absolute Gasteiger partial charge is 0.256 e. The summed E-state index contributed by atoms with van der Waals surface area (Å²) in [6, 6.07) is 27.5. The van der Waals surface area contributed by atoms with Gasteiger partial charge < -0.3 is 40.8 Å². The number of aryl methyl sites for hydroxylation is 3. The lowest BCUT2D eigenvalue weighted by Crippen LogP contribution is -2.51. The zero-order chi connectivity index (χ0) is 69.8. The third kappa shape index (κ3) is 12.4. The van der Waals surface area contributed by atoms with Gasteiger partial charge >= 0.3 is 0 Å². The minimum absolute atomic E-state index is 0.0491. The van der Waals surface area contributed by atoms with Crippen molar-refractivity contribution in [3.05, 3.63) is 205 Å². The number of aliphatic hydroxyl groups is 1. The van der Waals surface area contributed by atoms with E-state index in [1.165, 1.54) is 27.1 Å². The van der Waals surface area contributed by atoms with Crippen LogP contribution in [0.3, 0.4) is 0 Å². The number of amides is 3. The SMILES string of the molecule is CNO.CNO.Cn1nc2c(c1NC(=O)c1ccccc1)CC[C@H]1C(C)(C)c3oncc3C[C@]21C.[3H]C.[C-]#[N+]C1=C(O)C(C)(C)[C@@H]2CCc3c(nn(C)c3NC(=O)c3ccccc3)[C@@]2(C)C1.[C-]#[N+]C1=C[C@]2(C)c3nn(C)c(NC(=O)c4ccccc4)c3CC[C@H]2C(C)(C)C1=O. The number of allylic oxidation sites excluding steroid dienone is 4. The normalized spacial score (nSPS) is 23.3. The predicted molar refractivity (Wildman–Crippen MR) is 360 cm³/mol. The molecule has 0 spiro atoms. The van der Waals surface area contributed by atoms with Crippen molar-refractivity contribution in [3.8, 4) is 0 Å². The van der Waals surface area contributed by atoms with E-state index < -0.39 is 16.2 Å². The van der Waals surface area contributed by atoms with Crippen molar-refractivity contribution in [2.24, 2.45) is 49.7 Å². The molecule has 4 heterocycles. The van der Waals surface area contributed by atoms with E-state index in [4.69, 9.17) is 44.7 Å². The summed E-state index contributed by atoms with van der Waals surface area (Å²) in [5.41, 5.74) is 10.9. The molecule has 0 unspecified atom stereocenters. The van der Waals surface area contributed by atoms with Gasteiger partial charge in [-0.05, 0) is 106 Å². The fourth-order valence-corrected chi connectivity index (χ4v) is 16.3. The number of nitrogens with one attached hydrogen (secondary N) is 5. The minimum Gasteiger partial charge on any atom is -0.523 e. The lowest BCUT2D eigenvalue weighted by Gasteiger charge is -2.51. The largest absolute Gasteiger partial charge is 0.523 e. The van der Waals surface area contributed by atoms with Crippen LogP contribution in [0.25, 0.3) is 9.69 Å². The number of Topliss-reactive ketones (excluding diaryl/α,β-unsaturated/α-hetero) is 1. The van der Waals surface area contributed by atoms with Crippen LogP contribution in [0.15, 0.2) is 125 Å². The number of aromatic nitrogens is 7. The first-order chi connectivity index (χ1) is 45.0. The Labute approximate surface area is 552 Å². The maximum Gasteiger partial charge on any atom is 0.256 e. The van der Waals surface area contributed by atoms with E-state index in [-0.39, 0.29) is 63.0 Å². The fraction of sp³-hybridized carbons (Fsp3) is 0.444. The number of nitrogens with zero attached hydrogens (tertiary/aromatic N) is 9. The molecular weight excluding hydrogens is 1190 g/mol. The van der Waals surface area contributed by atoms with Crippen LogP contribution in [0.1, 0.15) is 173 Å². The molecule has 6 aliphatic rings. The highest BCUT2D eigenvalue weighted by Crippen LogP contribution is 2.60. The third-order valence-electron chi connectivity index (χ3n) is 20.5. The molecule has 6 aliphatic carbocycles. The number of benzene rings is 3. The maximum absolute atomic E-state index is 12.8. The second-order valence-electron chi connectivity index (χ2n) is 27.3. The summed E-state index contributed by atoms with van der Waals surface area (Å²) in [7, 11) is 9.68. The molecule has 0 fully saturated rings. The van der Waals surface area contributed by atoms with Gasteiger partial charge in [-0.3, -0.25) is 28.4 Å². The van der Waals surface area contributed by atoms with Crippen LogP contribution in [0.2, 0.25) is 0 Å². The summed E-state index contributed by atoms with van der Waals surface area (Å²) in [5, 5.41) is 53.1. The van der Waals surface area contributed by atoms with Gasteiger partial charge in [-0.1, -0.05) is 136 Å². The number of hydroxylamine groups is 2. The number of anilines is 3. The average Bonchev–Trinajstić information content (AvgIpc) is 1.69. The van der Waals surface area contributed by atoms with Crippen LogP contribution in [0.5, 0.6) is 0 Å². The van der Waals surface area contributed by atoms with Crippen LogP contribution >= 0.6 is 0 Å². The number of ketones is 1. The van der Waals surface area contributed by atoms with Crippen molar-refractivity contribution in [2.75, 3.05) is 30.0 Å². The molecule has 94 heavy (non-hydrogen) atoms. The molecule has 3 amide bonds. The van der Waals surface area contributed by atoms with E-state index in [9.17, 15) is 24.3 Å². The first-order valence-electron chi connectivity index (χ1n) is 32.3. The molecule has 22 heteroatoms. The quantitative estimate of drug-likeness (QED) is 0.0568. The highest BCUT2D eigenvalue weighted by Gasteiger charge is 2.58. The van der Waals surface area contributed by atoms with Gasteiger partial charge in [0.25, 0.3) is 17.7 Å². The Kier molecular flexibility index (Phi) is 20.1. The van der Waals surface area contributed by atoms with E-state index in [1.807, 2.05) is 126 Å². The number of carbonyl (C=O) groups is 4. The Morgan fingerprint density at radius 3 is 1.36 bits per heavy atom. The lowest BCUT2D eigenvalue weighted by molar-refractivity contribution is -0.128. The molecule has 4 aromatic heterocycles. The number of aliphatic hydroxyl groups excluding tert-OH is 1. The number of carbonyl (C=O) groups excluding carboxylic acids is 4. The Morgan fingerprint density at radius 1 is 0.585 bits per heavy atom. The fourth-order valence-electron chi connectivity index (χ4n) is 16.3. The van der Waals surface area contributed by atoms with Gasteiger partial charge in [0, 0.05) is 108 Å². The summed E-state index contributed by atoms with van der Waals surface area (Å²) >= 11 is 0. The second kappa shape index (κ2) is 27.3. The van der Waals surface area contributed by atoms with Gasteiger partial charge in [0.05, 0.1) is 36.4 Å². The average molecular weight is 1280 g/mol. The molecule has 0 saturated heterocycles. The van der Waals surface area contributed by atoms with Crippen molar-refractivity contribution < 1.29 is 40.6 Å². The van der Waals surface area contributed by atoms with E-state index in [2.05, 4.69) is 65.4 Å². The van der Waals surface area contributed by atoms with Crippen molar-refractivity contribution >= 4 is 41.0 Å². The highest BCUT2D eigenvalue weighted by molar-refractivity contribution is 6.06. The van der Waals surface area contributed by atoms with Gasteiger partial charge in [-0.2, -0.15) is 15.3 Å². The Morgan fingerprint density at radius 2 is 0.957 bits per heavy atom. The van der Waals surface area contributed by atoms with Crippen LogP contribution in [0, 0.1) is 41.7 Å². The molecule has 496 valence electrons. The molecule has 0 aliphatic heterocycles. The van der Waals surface area contributed by atoms with Crippen LogP contribution in [0.4, 0.5) is 17.5 Å². The van der Waals surface area contributed by atoms with E-state index >= 15 is 0 Å². The van der Waals surface area contributed by atoms with Crippen molar-refractivity contribution in [3.63, 3.8) is 0 Å². The molecule has 0 radical (unpaired) electrons. The number of fused-ring (bicyclic) bond motifs is 10. The maximum atomic E-state index is 12.8. The number of hydrogen-bond donors (Lipinski definition) is 8. The molecule has 0 bridgehead atoms. The summed E-state index contributed by atoms with van der Waals surface area (Å²) < 4.78 is 16.7. The van der Waals surface area contributed by atoms with Gasteiger partial charge in [0.15, 0.2) is 5.78 Å². The van der Waals surface area contributed by atoms with Gasteiger partial charge in [0.2, 0.25) is 11.4 Å². The lowest BCUT2D eigenvalue weighted by atomic mass is 9.52. The molecule has 3 aromatic carbocycles. The van der Waals surface area contributed by atoms with Crippen LogP contribution in [-0.4, -0.2) is 87.6 Å². The van der Waals surface area contributed by atoms with E-state index in [1.54, 1.807) is 50.7 Å². The first kappa shape index (κ1) is 69.0. The molecular formula is C72H90N14O8. The molecule has 22 nitrogen and oxygen atoms in total. The molecule has 8 N–H and O–H groups in total. The monoisotopic (exact) mass is 1280 g/mol. The zero-order valence-electron chi connectivity index (χ0n) is 57.6. The van der Waals surface area contributed by atoms with Crippen molar-refractivity contribution in [1.29, 1.82) is 0 Å². The second-order valence-corrected chi connectivity index (χ2v) is 27.3. The summed E-state index contributed by atoms with van der Waals surface area (Å²) in [4.78, 5) is 58.1. The topological polar surface area (TPSA) is 277 Å². The van der Waals surface area contributed by atoms with Crippen molar-refractivity contribution in [2.45, 2.75) is 143 Å². The van der Waals surface area contributed by atoms with Crippen LogP contribution in [-0.2, 0) is 73.3 Å². The van der Waals surface area contributed by atoms with E-state index in [0.717, 1.165) is 96.1 Å². The molecule has 6 atom stereocenters. The summed E-state index contributed by atoms with van der Waals surface area (Å²) in [6.07, 6.45) is 10.1. The van der Waals surface area contributed by atoms with Crippen LogP contribution < -0.4 is 26.9 Å². The third-order valence-corrected chi connectivity index (χ3v) is 20.5.